The second kappa shape index (κ2) is 6.66. The zero-order chi connectivity index (χ0) is 15.6. The molecule has 0 aliphatic rings. The Hall–Kier alpha value is -1.27. The molecule has 0 aliphatic heterocycles. The van der Waals surface area contributed by atoms with Crippen LogP contribution in [-0.4, -0.2) is 5.91 Å². The lowest BCUT2D eigenvalue weighted by atomic mass is 10.1. The van der Waals surface area contributed by atoms with E-state index in [1.165, 1.54) is 0 Å². The summed E-state index contributed by atoms with van der Waals surface area (Å²) in [5.41, 5.74) is 0.526. The summed E-state index contributed by atoms with van der Waals surface area (Å²) >= 11 is 6.59. The number of nitrogens with one attached hydrogen (secondary N) is 1. The van der Waals surface area contributed by atoms with Gasteiger partial charge in [0.25, 0.3) is 5.91 Å². The zero-order valence-corrected chi connectivity index (χ0v) is 14.1. The lowest BCUT2D eigenvalue weighted by molar-refractivity contribution is 0.0938. The Labute approximate surface area is 137 Å². The van der Waals surface area contributed by atoms with Gasteiger partial charge in [0.15, 0.2) is 0 Å². The van der Waals surface area contributed by atoms with E-state index >= 15 is 0 Å². The first-order chi connectivity index (χ1) is 9.88. The number of carbonyl (C=O) groups excluding carboxylic acids is 1. The highest BCUT2D eigenvalue weighted by Gasteiger charge is 2.17. The van der Waals surface area contributed by atoms with Crippen molar-refractivity contribution < 1.29 is 13.6 Å². The molecule has 1 atom stereocenters. The molecule has 0 saturated carbocycles. The smallest absolute Gasteiger partial charge is 0.252 e. The summed E-state index contributed by atoms with van der Waals surface area (Å²) in [5.74, 6) is -1.47. The summed E-state index contributed by atoms with van der Waals surface area (Å²) in [6.07, 6.45) is 0. The molecule has 2 aromatic rings. The van der Waals surface area contributed by atoms with Gasteiger partial charge >= 0.3 is 0 Å². The van der Waals surface area contributed by atoms with E-state index in [0.29, 0.717) is 10.0 Å². The van der Waals surface area contributed by atoms with Crippen LogP contribution in [0.5, 0.6) is 0 Å². The quantitative estimate of drug-likeness (QED) is 0.748. The van der Waals surface area contributed by atoms with Crippen LogP contribution in [0.4, 0.5) is 8.78 Å². The van der Waals surface area contributed by atoms with E-state index in [-0.39, 0.29) is 11.5 Å². The fourth-order valence-electron chi connectivity index (χ4n) is 1.87. The molecule has 2 aromatic carbocycles. The van der Waals surface area contributed by atoms with Crippen LogP contribution in [0.2, 0.25) is 0 Å². The van der Waals surface area contributed by atoms with E-state index < -0.39 is 17.7 Å². The molecule has 1 N–H and O–H groups in total. The second-order valence-corrected chi connectivity index (χ2v) is 6.26. The Morgan fingerprint density at radius 2 is 1.86 bits per heavy atom. The van der Waals surface area contributed by atoms with E-state index in [1.54, 1.807) is 25.1 Å². The summed E-state index contributed by atoms with van der Waals surface area (Å²) < 4.78 is 28.3. The van der Waals surface area contributed by atoms with Crippen molar-refractivity contribution in [2.45, 2.75) is 13.0 Å². The maximum absolute atomic E-state index is 13.7. The second-order valence-electron chi connectivity index (χ2n) is 4.49. The van der Waals surface area contributed by atoms with E-state index in [2.05, 4.69) is 37.2 Å². The van der Waals surface area contributed by atoms with Crippen LogP contribution < -0.4 is 5.32 Å². The van der Waals surface area contributed by atoms with Crippen LogP contribution in [0.15, 0.2) is 45.3 Å². The van der Waals surface area contributed by atoms with Crippen LogP contribution in [0.25, 0.3) is 0 Å². The van der Waals surface area contributed by atoms with E-state index in [9.17, 15) is 13.6 Å². The van der Waals surface area contributed by atoms with Gasteiger partial charge in [0, 0.05) is 14.5 Å². The van der Waals surface area contributed by atoms with Gasteiger partial charge in [-0.25, -0.2) is 8.78 Å². The molecule has 6 heteroatoms. The maximum Gasteiger partial charge on any atom is 0.252 e. The average Bonchev–Trinajstić information content (AvgIpc) is 2.41. The van der Waals surface area contributed by atoms with Crippen LogP contribution in [0, 0.1) is 11.6 Å². The van der Waals surface area contributed by atoms with Gasteiger partial charge in [0.1, 0.15) is 11.6 Å². The lowest BCUT2D eigenvalue weighted by Gasteiger charge is -2.16. The minimum Gasteiger partial charge on any atom is -0.345 e. The first-order valence-electron chi connectivity index (χ1n) is 6.09. The average molecular weight is 419 g/mol. The normalized spacial score (nSPS) is 12.0. The first-order valence-corrected chi connectivity index (χ1v) is 7.68. The fraction of sp³-hybridized carbons (Fsp3) is 0.133. The molecule has 0 heterocycles. The van der Waals surface area contributed by atoms with E-state index in [4.69, 9.17) is 0 Å². The van der Waals surface area contributed by atoms with Gasteiger partial charge in [0.05, 0.1) is 11.6 Å². The van der Waals surface area contributed by atoms with Crippen molar-refractivity contribution in [2.24, 2.45) is 0 Å². The minimum absolute atomic E-state index is 0.108. The highest BCUT2D eigenvalue weighted by Crippen LogP contribution is 2.23. The molecular weight excluding hydrogens is 408 g/mol. The van der Waals surface area contributed by atoms with Gasteiger partial charge in [-0.2, -0.15) is 0 Å². The molecule has 21 heavy (non-hydrogen) atoms. The van der Waals surface area contributed by atoms with E-state index in [1.807, 2.05) is 0 Å². The molecule has 0 saturated heterocycles. The molecule has 2 nitrogen and oxygen atoms in total. The Morgan fingerprint density at radius 1 is 1.14 bits per heavy atom. The lowest BCUT2D eigenvalue weighted by Crippen LogP contribution is -2.27. The monoisotopic (exact) mass is 417 g/mol. The molecule has 1 unspecified atom stereocenters. The summed E-state index contributed by atoms with van der Waals surface area (Å²) in [6, 6.07) is 7.62. The van der Waals surface area contributed by atoms with Gasteiger partial charge in [-0.1, -0.05) is 15.9 Å². The van der Waals surface area contributed by atoms with Crippen LogP contribution >= 0.6 is 31.9 Å². The molecule has 0 fully saturated rings. The van der Waals surface area contributed by atoms with Gasteiger partial charge in [-0.15, -0.1) is 0 Å². The summed E-state index contributed by atoms with van der Waals surface area (Å²) in [6.45, 7) is 1.60. The molecule has 110 valence electrons. The Morgan fingerprint density at radius 3 is 2.52 bits per heavy atom. The Kier molecular flexibility index (Phi) is 5.11. The van der Waals surface area contributed by atoms with Gasteiger partial charge in [0.2, 0.25) is 0 Å². The maximum atomic E-state index is 13.7. The topological polar surface area (TPSA) is 29.1 Å². The number of halogens is 4. The predicted octanol–water partition coefficient (Wildman–Crippen LogP) is 4.98. The Balaban J connectivity index is 2.20. The largest absolute Gasteiger partial charge is 0.345 e. The van der Waals surface area contributed by atoms with Crippen LogP contribution in [0.3, 0.4) is 0 Å². The van der Waals surface area contributed by atoms with Crippen molar-refractivity contribution in [3.8, 4) is 0 Å². The van der Waals surface area contributed by atoms with E-state index in [0.717, 1.165) is 22.7 Å². The standard InChI is InChI=1S/C15H11Br2F2NO/c1-8(12-7-10(18)3-5-14(12)19)20-15(21)11-4-2-9(16)6-13(11)17/h2-8H,1H3,(H,20,21). The van der Waals surface area contributed by atoms with Crippen molar-refractivity contribution in [3.63, 3.8) is 0 Å². The Bertz CT molecular complexity index is 691. The number of hydrogen-bond donors (Lipinski definition) is 1. The molecular formula is C15H11Br2F2NO. The number of benzene rings is 2. The molecule has 0 spiro atoms. The third-order valence-electron chi connectivity index (χ3n) is 2.95. The molecule has 1 amide bonds. The minimum atomic E-state index is -0.649. The summed E-state index contributed by atoms with van der Waals surface area (Å²) in [5, 5.41) is 2.65. The van der Waals surface area contributed by atoms with Crippen LogP contribution in [0.1, 0.15) is 28.9 Å². The summed E-state index contributed by atoms with van der Waals surface area (Å²) in [4.78, 5) is 12.2. The summed E-state index contributed by atoms with van der Waals surface area (Å²) in [7, 11) is 0. The van der Waals surface area contributed by atoms with Gasteiger partial charge in [-0.05, 0) is 59.3 Å². The third-order valence-corrected chi connectivity index (χ3v) is 4.10. The number of rotatable bonds is 3. The van der Waals surface area contributed by atoms with Crippen LogP contribution in [-0.2, 0) is 0 Å². The highest BCUT2D eigenvalue weighted by molar-refractivity contribution is 9.11. The third kappa shape index (κ3) is 3.89. The van der Waals surface area contributed by atoms with Crippen molar-refractivity contribution in [2.75, 3.05) is 0 Å². The first kappa shape index (κ1) is 16.1. The number of hydrogen-bond acceptors (Lipinski definition) is 1. The predicted molar refractivity (Wildman–Crippen MR) is 84.1 cm³/mol. The molecule has 2 rings (SSSR count). The molecule has 0 bridgehead atoms. The van der Waals surface area contributed by atoms with Gasteiger partial charge < -0.3 is 5.32 Å². The molecule has 0 radical (unpaired) electrons. The number of carbonyl (C=O) groups is 1. The van der Waals surface area contributed by atoms with Crippen molar-refractivity contribution in [1.82, 2.24) is 5.32 Å². The van der Waals surface area contributed by atoms with Gasteiger partial charge in [-0.3, -0.25) is 4.79 Å². The molecule has 0 aliphatic carbocycles. The zero-order valence-electron chi connectivity index (χ0n) is 11.0. The molecule has 0 aromatic heterocycles. The highest BCUT2D eigenvalue weighted by atomic mass is 79.9. The fourth-order valence-corrected chi connectivity index (χ4v) is 3.10. The SMILES string of the molecule is CC(NC(=O)c1ccc(Br)cc1Br)c1cc(F)ccc1F. The van der Waals surface area contributed by atoms with Crippen molar-refractivity contribution in [1.29, 1.82) is 0 Å². The van der Waals surface area contributed by atoms with Crippen molar-refractivity contribution >= 4 is 37.8 Å². The van der Waals surface area contributed by atoms with Crippen molar-refractivity contribution in [3.05, 3.63) is 68.1 Å². The number of amides is 1.